The average molecular weight is 381 g/mol. The average Bonchev–Trinajstić information content (AvgIpc) is 2.55. The molecule has 0 aliphatic rings. The van der Waals surface area contributed by atoms with Gasteiger partial charge < -0.3 is 14.6 Å². The molecule has 23 heavy (non-hydrogen) atoms. The predicted molar refractivity (Wildman–Crippen MR) is 87.6 cm³/mol. The first kappa shape index (κ1) is 17.0. The zero-order valence-corrected chi connectivity index (χ0v) is 13.8. The first-order chi connectivity index (χ1) is 11.0. The van der Waals surface area contributed by atoms with Gasteiger partial charge in [0.1, 0.15) is 12.4 Å². The van der Waals surface area contributed by atoms with Gasteiger partial charge in [-0.2, -0.15) is 0 Å². The lowest BCUT2D eigenvalue weighted by Gasteiger charge is -2.06. The second kappa shape index (κ2) is 7.78. The molecule has 0 aliphatic carbocycles. The number of hydrogen-bond acceptors (Lipinski definition) is 4. The number of benzene rings is 2. The molecule has 1 N–H and O–H groups in total. The molecule has 0 saturated carbocycles. The quantitative estimate of drug-likeness (QED) is 0.627. The number of phenolic OH excluding ortho intramolecular Hbond substituents is 1. The highest BCUT2D eigenvalue weighted by Gasteiger charge is 2.08. The van der Waals surface area contributed by atoms with Crippen LogP contribution in [0.15, 0.2) is 46.9 Å². The van der Waals surface area contributed by atoms with Crippen LogP contribution >= 0.6 is 15.9 Å². The van der Waals surface area contributed by atoms with Crippen molar-refractivity contribution in [3.63, 3.8) is 0 Å². The Hall–Kier alpha value is -2.34. The lowest BCUT2D eigenvalue weighted by Crippen LogP contribution is -2.02. The van der Waals surface area contributed by atoms with Gasteiger partial charge in [0.25, 0.3) is 0 Å². The number of ether oxygens (including phenoxy) is 2. The fraction of sp³-hybridized carbons (Fsp3) is 0.118. The maximum atomic E-state index is 13.4. The summed E-state index contributed by atoms with van der Waals surface area (Å²) in [5, 5.41) is 9.71. The van der Waals surface area contributed by atoms with Crippen LogP contribution in [0.2, 0.25) is 0 Å². The lowest BCUT2D eigenvalue weighted by atomic mass is 10.2. The van der Waals surface area contributed by atoms with Crippen molar-refractivity contribution in [2.45, 2.75) is 6.61 Å². The number of rotatable bonds is 5. The molecule has 0 bridgehead atoms. The largest absolute Gasteiger partial charge is 0.503 e. The van der Waals surface area contributed by atoms with Crippen LogP contribution in [0.25, 0.3) is 6.08 Å². The Morgan fingerprint density at radius 3 is 2.78 bits per heavy atom. The van der Waals surface area contributed by atoms with Crippen molar-refractivity contribution >= 4 is 28.0 Å². The number of carbonyl (C=O) groups is 1. The fourth-order valence-electron chi connectivity index (χ4n) is 1.82. The lowest BCUT2D eigenvalue weighted by molar-refractivity contribution is -0.138. The van der Waals surface area contributed by atoms with Gasteiger partial charge in [0.15, 0.2) is 11.5 Å². The zero-order valence-electron chi connectivity index (χ0n) is 12.3. The maximum Gasteiger partial charge on any atom is 0.331 e. The number of carbonyl (C=O) groups excluding carboxylic acids is 1. The molecule has 2 aromatic rings. The number of methoxy groups -OCH3 is 1. The number of esters is 1. The van der Waals surface area contributed by atoms with Gasteiger partial charge in [0, 0.05) is 11.6 Å². The molecule has 0 aromatic heterocycles. The smallest absolute Gasteiger partial charge is 0.331 e. The third-order valence-electron chi connectivity index (χ3n) is 3.01. The molecular formula is C17H14BrFO4. The van der Waals surface area contributed by atoms with E-state index >= 15 is 0 Å². The molecule has 6 heteroatoms. The summed E-state index contributed by atoms with van der Waals surface area (Å²) in [7, 11) is 1.43. The zero-order chi connectivity index (χ0) is 16.8. The van der Waals surface area contributed by atoms with Crippen molar-refractivity contribution in [2.75, 3.05) is 7.11 Å². The summed E-state index contributed by atoms with van der Waals surface area (Å²) in [6.45, 7) is -0.140. The highest BCUT2D eigenvalue weighted by molar-refractivity contribution is 9.10. The van der Waals surface area contributed by atoms with Crippen LogP contribution in [0.5, 0.6) is 11.5 Å². The standard InChI is InChI=1S/C17H14BrFO4/c1-22-15-9-11(8-13(18)17(15)21)6-7-16(20)23-10-12-4-2-3-5-14(12)19/h2-9,21H,10H2,1H3/b7-6+. The Balaban J connectivity index is 2.01. The second-order valence-electron chi connectivity index (χ2n) is 4.59. The van der Waals surface area contributed by atoms with Crippen molar-refractivity contribution in [1.29, 1.82) is 0 Å². The van der Waals surface area contributed by atoms with Crippen LogP contribution in [-0.4, -0.2) is 18.2 Å². The van der Waals surface area contributed by atoms with Crippen molar-refractivity contribution in [3.05, 3.63) is 63.9 Å². The molecule has 0 heterocycles. The molecule has 120 valence electrons. The highest BCUT2D eigenvalue weighted by Crippen LogP contribution is 2.35. The van der Waals surface area contributed by atoms with E-state index in [-0.39, 0.29) is 18.1 Å². The van der Waals surface area contributed by atoms with Gasteiger partial charge in [-0.05, 0) is 45.8 Å². The number of hydrogen-bond donors (Lipinski definition) is 1. The Labute approximate surface area is 141 Å². The molecule has 0 atom stereocenters. The first-order valence-electron chi connectivity index (χ1n) is 6.66. The Kier molecular flexibility index (Phi) is 5.76. The molecule has 2 aromatic carbocycles. The molecule has 0 fully saturated rings. The van der Waals surface area contributed by atoms with Crippen LogP contribution in [0.1, 0.15) is 11.1 Å². The SMILES string of the molecule is COc1cc(/C=C/C(=O)OCc2ccccc2F)cc(Br)c1O. The number of phenols is 1. The summed E-state index contributed by atoms with van der Waals surface area (Å²) >= 11 is 3.19. The Morgan fingerprint density at radius 2 is 2.09 bits per heavy atom. The van der Waals surface area contributed by atoms with Gasteiger partial charge in [-0.15, -0.1) is 0 Å². The minimum atomic E-state index is -0.601. The van der Waals surface area contributed by atoms with E-state index in [9.17, 15) is 14.3 Å². The molecule has 2 rings (SSSR count). The van der Waals surface area contributed by atoms with Gasteiger partial charge in [-0.3, -0.25) is 0 Å². The third kappa shape index (κ3) is 4.56. The summed E-state index contributed by atoms with van der Waals surface area (Å²) in [4.78, 5) is 11.7. The van der Waals surface area contributed by atoms with Gasteiger partial charge in [-0.25, -0.2) is 9.18 Å². The van der Waals surface area contributed by atoms with Crippen LogP contribution in [0, 0.1) is 5.82 Å². The van der Waals surface area contributed by atoms with Gasteiger partial charge >= 0.3 is 5.97 Å². The normalized spacial score (nSPS) is 10.7. The summed E-state index contributed by atoms with van der Waals surface area (Å²) in [6.07, 6.45) is 2.73. The van der Waals surface area contributed by atoms with E-state index in [1.165, 1.54) is 25.3 Å². The van der Waals surface area contributed by atoms with E-state index in [0.717, 1.165) is 0 Å². The van der Waals surface area contributed by atoms with E-state index in [1.807, 2.05) is 0 Å². The van der Waals surface area contributed by atoms with E-state index in [4.69, 9.17) is 9.47 Å². The van der Waals surface area contributed by atoms with Gasteiger partial charge in [-0.1, -0.05) is 18.2 Å². The molecule has 0 amide bonds. The van der Waals surface area contributed by atoms with Crippen LogP contribution in [0.3, 0.4) is 0 Å². The molecule has 4 nitrogen and oxygen atoms in total. The molecular weight excluding hydrogens is 367 g/mol. The summed E-state index contributed by atoms with van der Waals surface area (Å²) in [5.41, 5.74) is 0.942. The van der Waals surface area contributed by atoms with Crippen LogP contribution in [0.4, 0.5) is 4.39 Å². The molecule has 0 saturated heterocycles. The molecule has 0 unspecified atom stereocenters. The second-order valence-corrected chi connectivity index (χ2v) is 5.44. The van der Waals surface area contributed by atoms with E-state index < -0.39 is 11.8 Å². The minimum absolute atomic E-state index is 0.0215. The van der Waals surface area contributed by atoms with Gasteiger partial charge in [0.05, 0.1) is 11.6 Å². The van der Waals surface area contributed by atoms with Crippen molar-refractivity contribution in [3.8, 4) is 11.5 Å². The third-order valence-corrected chi connectivity index (χ3v) is 3.61. The van der Waals surface area contributed by atoms with E-state index in [2.05, 4.69) is 15.9 Å². The van der Waals surface area contributed by atoms with E-state index in [0.29, 0.717) is 15.6 Å². The van der Waals surface area contributed by atoms with Crippen LogP contribution < -0.4 is 4.74 Å². The first-order valence-corrected chi connectivity index (χ1v) is 7.45. The molecule has 0 aliphatic heterocycles. The monoisotopic (exact) mass is 380 g/mol. The Bertz CT molecular complexity index is 743. The topological polar surface area (TPSA) is 55.8 Å². The molecule has 0 radical (unpaired) electrons. The van der Waals surface area contributed by atoms with Crippen molar-refractivity contribution in [2.24, 2.45) is 0 Å². The predicted octanol–water partition coefficient (Wildman–Crippen LogP) is 4.06. The highest BCUT2D eigenvalue weighted by atomic mass is 79.9. The van der Waals surface area contributed by atoms with Crippen LogP contribution in [-0.2, 0) is 16.1 Å². The molecule has 0 spiro atoms. The Morgan fingerprint density at radius 1 is 1.35 bits per heavy atom. The summed E-state index contributed by atoms with van der Waals surface area (Å²) < 4.78 is 23.8. The van der Waals surface area contributed by atoms with E-state index in [1.54, 1.807) is 30.3 Å². The van der Waals surface area contributed by atoms with Crippen molar-refractivity contribution < 1.29 is 23.8 Å². The van der Waals surface area contributed by atoms with Gasteiger partial charge in [0.2, 0.25) is 0 Å². The number of halogens is 2. The fourth-order valence-corrected chi connectivity index (χ4v) is 2.28. The van der Waals surface area contributed by atoms with Crippen molar-refractivity contribution in [1.82, 2.24) is 0 Å². The number of aromatic hydroxyl groups is 1. The summed E-state index contributed by atoms with van der Waals surface area (Å²) in [5.74, 6) is -0.765. The summed E-state index contributed by atoms with van der Waals surface area (Å²) in [6, 6.07) is 9.28. The minimum Gasteiger partial charge on any atom is -0.503 e. The maximum absolute atomic E-state index is 13.4.